The predicted octanol–water partition coefficient (Wildman–Crippen LogP) is 4.67. The first-order valence-electron chi connectivity index (χ1n) is 6.55. The van der Waals surface area contributed by atoms with Gasteiger partial charge in [-0.2, -0.15) is 0 Å². The maximum Gasteiger partial charge on any atom is 0.138 e. The fraction of sp³-hybridized carbons (Fsp3) is 0.188. The summed E-state index contributed by atoms with van der Waals surface area (Å²) in [7, 11) is 0. The molecule has 3 aromatic rings. The molecule has 0 aliphatic carbocycles. The van der Waals surface area contributed by atoms with Crippen LogP contribution in [0.2, 0.25) is 5.02 Å². The highest BCUT2D eigenvalue weighted by atomic mass is 35.5. The highest BCUT2D eigenvalue weighted by molar-refractivity contribution is 6.34. The van der Waals surface area contributed by atoms with Gasteiger partial charge in [-0.1, -0.05) is 17.7 Å². The monoisotopic (exact) mass is 286 g/mol. The van der Waals surface area contributed by atoms with Crippen molar-refractivity contribution in [3.8, 4) is 17.1 Å². The molecule has 1 aromatic heterocycles. The van der Waals surface area contributed by atoms with Gasteiger partial charge in [0.2, 0.25) is 0 Å². The van der Waals surface area contributed by atoms with Crippen LogP contribution in [0.25, 0.3) is 22.4 Å². The third kappa shape index (κ3) is 2.49. The number of benzene rings is 2. The van der Waals surface area contributed by atoms with E-state index in [0.29, 0.717) is 5.02 Å². The molecule has 3 nitrogen and oxygen atoms in total. The van der Waals surface area contributed by atoms with Gasteiger partial charge in [-0.15, -0.1) is 0 Å². The molecule has 3 rings (SSSR count). The molecule has 0 aliphatic rings. The second-order valence-electron chi connectivity index (χ2n) is 4.91. The number of nitrogens with zero attached hydrogens (tertiary/aromatic N) is 1. The molecule has 102 valence electrons. The number of nitrogens with one attached hydrogen (secondary N) is 1. The Kier molecular flexibility index (Phi) is 3.36. The van der Waals surface area contributed by atoms with Crippen molar-refractivity contribution >= 4 is 22.6 Å². The molecular formula is C16H15ClN2O. The van der Waals surface area contributed by atoms with Gasteiger partial charge in [-0.25, -0.2) is 4.98 Å². The van der Waals surface area contributed by atoms with Crippen LogP contribution >= 0.6 is 11.6 Å². The van der Waals surface area contributed by atoms with E-state index in [1.165, 1.54) is 0 Å². The normalized spacial score (nSPS) is 11.2. The van der Waals surface area contributed by atoms with E-state index >= 15 is 0 Å². The van der Waals surface area contributed by atoms with E-state index in [-0.39, 0.29) is 6.10 Å². The predicted molar refractivity (Wildman–Crippen MR) is 82.3 cm³/mol. The maximum absolute atomic E-state index is 6.14. The number of ether oxygens (including phenoxy) is 1. The summed E-state index contributed by atoms with van der Waals surface area (Å²) < 4.78 is 5.63. The van der Waals surface area contributed by atoms with Gasteiger partial charge in [0, 0.05) is 5.56 Å². The maximum atomic E-state index is 6.14. The zero-order valence-corrected chi connectivity index (χ0v) is 12.1. The number of para-hydroxylation sites is 1. The van der Waals surface area contributed by atoms with Gasteiger partial charge in [0.05, 0.1) is 16.6 Å². The Balaban J connectivity index is 1.96. The first-order chi connectivity index (χ1) is 9.63. The minimum atomic E-state index is 0.172. The van der Waals surface area contributed by atoms with Gasteiger partial charge in [0.15, 0.2) is 0 Å². The zero-order chi connectivity index (χ0) is 14.1. The summed E-state index contributed by atoms with van der Waals surface area (Å²) in [6.07, 6.45) is 0.172. The molecule has 0 saturated carbocycles. The van der Waals surface area contributed by atoms with Gasteiger partial charge >= 0.3 is 0 Å². The minimum absolute atomic E-state index is 0.172. The number of halogens is 1. The molecule has 0 fully saturated rings. The van der Waals surface area contributed by atoms with Crippen LogP contribution < -0.4 is 4.74 Å². The van der Waals surface area contributed by atoms with E-state index in [2.05, 4.69) is 9.97 Å². The summed E-state index contributed by atoms with van der Waals surface area (Å²) in [5, 5.41) is 0.657. The number of rotatable bonds is 3. The van der Waals surface area contributed by atoms with E-state index in [0.717, 1.165) is 28.2 Å². The van der Waals surface area contributed by atoms with Crippen molar-refractivity contribution in [2.24, 2.45) is 0 Å². The summed E-state index contributed by atoms with van der Waals surface area (Å²) in [5.41, 5.74) is 2.75. The molecule has 0 aliphatic heterocycles. The van der Waals surface area contributed by atoms with Crippen LogP contribution in [0.3, 0.4) is 0 Å². The van der Waals surface area contributed by atoms with E-state index in [9.17, 15) is 0 Å². The Bertz CT molecular complexity index is 732. The van der Waals surface area contributed by atoms with Gasteiger partial charge in [0.25, 0.3) is 0 Å². The van der Waals surface area contributed by atoms with Crippen molar-refractivity contribution in [2.75, 3.05) is 0 Å². The van der Waals surface area contributed by atoms with E-state index in [4.69, 9.17) is 16.3 Å². The third-order valence-corrected chi connectivity index (χ3v) is 3.27. The van der Waals surface area contributed by atoms with E-state index < -0.39 is 0 Å². The molecule has 0 bridgehead atoms. The van der Waals surface area contributed by atoms with Gasteiger partial charge in [-0.3, -0.25) is 0 Å². The number of aromatic amines is 1. The SMILES string of the molecule is CC(C)Oc1ccc(-c2nc3c(Cl)cccc3[nH]2)cc1. The van der Waals surface area contributed by atoms with Crippen molar-refractivity contribution in [1.29, 1.82) is 0 Å². The smallest absolute Gasteiger partial charge is 0.138 e. The lowest BCUT2D eigenvalue weighted by Crippen LogP contribution is -2.05. The van der Waals surface area contributed by atoms with Gasteiger partial charge < -0.3 is 9.72 Å². The van der Waals surface area contributed by atoms with Crippen molar-refractivity contribution in [2.45, 2.75) is 20.0 Å². The summed E-state index contributed by atoms with van der Waals surface area (Å²) in [6.45, 7) is 4.02. The molecule has 20 heavy (non-hydrogen) atoms. The van der Waals surface area contributed by atoms with Crippen LogP contribution in [0, 0.1) is 0 Å². The molecule has 0 amide bonds. The van der Waals surface area contributed by atoms with Gasteiger partial charge in [-0.05, 0) is 50.2 Å². The van der Waals surface area contributed by atoms with Crippen molar-refractivity contribution < 1.29 is 4.74 Å². The Morgan fingerprint density at radius 2 is 1.85 bits per heavy atom. The second-order valence-corrected chi connectivity index (χ2v) is 5.32. The molecule has 2 aromatic carbocycles. The van der Waals surface area contributed by atoms with Crippen LogP contribution in [-0.2, 0) is 0 Å². The minimum Gasteiger partial charge on any atom is -0.491 e. The van der Waals surface area contributed by atoms with Gasteiger partial charge in [0.1, 0.15) is 17.1 Å². The van der Waals surface area contributed by atoms with E-state index in [1.54, 1.807) is 0 Å². The number of hydrogen-bond acceptors (Lipinski definition) is 2. The summed E-state index contributed by atoms with van der Waals surface area (Å²) in [5.74, 6) is 1.67. The molecule has 0 spiro atoms. The zero-order valence-electron chi connectivity index (χ0n) is 11.4. The average molecular weight is 287 g/mol. The largest absolute Gasteiger partial charge is 0.491 e. The summed E-state index contributed by atoms with van der Waals surface area (Å²) >= 11 is 6.14. The highest BCUT2D eigenvalue weighted by Crippen LogP contribution is 2.26. The topological polar surface area (TPSA) is 37.9 Å². The van der Waals surface area contributed by atoms with E-state index in [1.807, 2.05) is 56.3 Å². The second kappa shape index (κ2) is 5.17. The Morgan fingerprint density at radius 1 is 1.10 bits per heavy atom. The molecule has 1 heterocycles. The number of aromatic nitrogens is 2. The molecule has 0 unspecified atom stereocenters. The molecule has 1 N–H and O–H groups in total. The first-order valence-corrected chi connectivity index (χ1v) is 6.92. The molecule has 0 saturated heterocycles. The lowest BCUT2D eigenvalue weighted by atomic mass is 10.2. The van der Waals surface area contributed by atoms with Crippen LogP contribution in [0.15, 0.2) is 42.5 Å². The Morgan fingerprint density at radius 3 is 2.50 bits per heavy atom. The number of hydrogen-bond donors (Lipinski definition) is 1. The molecule has 4 heteroatoms. The highest BCUT2D eigenvalue weighted by Gasteiger charge is 2.08. The Hall–Kier alpha value is -2.00. The van der Waals surface area contributed by atoms with Crippen molar-refractivity contribution in [1.82, 2.24) is 9.97 Å². The van der Waals surface area contributed by atoms with Crippen molar-refractivity contribution in [3.05, 3.63) is 47.5 Å². The fourth-order valence-electron chi connectivity index (χ4n) is 2.10. The van der Waals surface area contributed by atoms with Crippen LogP contribution in [0.1, 0.15) is 13.8 Å². The third-order valence-electron chi connectivity index (χ3n) is 2.96. The molecule has 0 atom stereocenters. The molecule has 0 radical (unpaired) electrons. The summed E-state index contributed by atoms with van der Waals surface area (Å²) in [4.78, 5) is 7.82. The number of H-pyrrole nitrogens is 1. The summed E-state index contributed by atoms with van der Waals surface area (Å²) in [6, 6.07) is 13.6. The fourth-order valence-corrected chi connectivity index (χ4v) is 2.31. The van der Waals surface area contributed by atoms with Crippen molar-refractivity contribution in [3.63, 3.8) is 0 Å². The number of fused-ring (bicyclic) bond motifs is 1. The van der Waals surface area contributed by atoms with Crippen LogP contribution in [0.5, 0.6) is 5.75 Å². The van der Waals surface area contributed by atoms with Crippen LogP contribution in [0.4, 0.5) is 0 Å². The lowest BCUT2D eigenvalue weighted by Gasteiger charge is -2.09. The average Bonchev–Trinajstić information content (AvgIpc) is 2.84. The first kappa shape index (κ1) is 13.0. The Labute approximate surface area is 122 Å². The van der Waals surface area contributed by atoms with Crippen LogP contribution in [-0.4, -0.2) is 16.1 Å². The molecular weight excluding hydrogens is 272 g/mol. The standard InChI is InChI=1S/C16H15ClN2O/c1-10(2)20-12-8-6-11(7-9-12)16-18-14-5-3-4-13(17)15(14)19-16/h3-10H,1-2H3,(H,18,19). The quantitative estimate of drug-likeness (QED) is 0.760. The lowest BCUT2D eigenvalue weighted by molar-refractivity contribution is 0.242. The number of imidazole rings is 1.